The molecule has 2 N–H and O–H groups in total. The summed E-state index contributed by atoms with van der Waals surface area (Å²) < 4.78 is 7.17. The van der Waals surface area contributed by atoms with E-state index in [9.17, 15) is 14.9 Å². The highest BCUT2D eigenvalue weighted by atomic mass is 32.1. The van der Waals surface area contributed by atoms with Crippen molar-refractivity contribution in [1.29, 1.82) is 5.26 Å². The van der Waals surface area contributed by atoms with Crippen LogP contribution in [0.5, 0.6) is 0 Å². The highest BCUT2D eigenvalue weighted by molar-refractivity contribution is 7.16. The third kappa shape index (κ3) is 5.73. The third-order valence-electron chi connectivity index (χ3n) is 5.62. The number of rotatable bonds is 7. The highest BCUT2D eigenvalue weighted by Crippen LogP contribution is 2.39. The Kier molecular flexibility index (Phi) is 7.45. The Labute approximate surface area is 205 Å². The molecular weight excluding hydrogens is 470 g/mol. The van der Waals surface area contributed by atoms with Crippen molar-refractivity contribution >= 4 is 45.8 Å². The van der Waals surface area contributed by atoms with Gasteiger partial charge < -0.3 is 15.4 Å². The number of ether oxygens (including phenoxy) is 1. The minimum atomic E-state index is -0.459. The number of carbonyl (C=O) groups excluding carboxylic acids is 2. The van der Waals surface area contributed by atoms with Crippen LogP contribution < -0.4 is 10.6 Å². The maximum absolute atomic E-state index is 12.4. The highest BCUT2D eigenvalue weighted by Gasteiger charge is 2.27. The summed E-state index contributed by atoms with van der Waals surface area (Å²) in [5.41, 5.74) is 3.34. The van der Waals surface area contributed by atoms with Gasteiger partial charge in [-0.05, 0) is 61.3 Å². The van der Waals surface area contributed by atoms with Crippen LogP contribution in [0.1, 0.15) is 38.7 Å². The number of nitrogens with zero attached hydrogens (tertiary/aromatic N) is 3. The van der Waals surface area contributed by atoms with Crippen molar-refractivity contribution < 1.29 is 14.3 Å². The molecule has 3 aromatic rings. The van der Waals surface area contributed by atoms with Crippen molar-refractivity contribution in [2.75, 3.05) is 11.9 Å². The molecule has 3 heterocycles. The Balaban J connectivity index is 1.31. The molecule has 10 heteroatoms. The first-order valence-corrected chi connectivity index (χ1v) is 12.6. The van der Waals surface area contributed by atoms with Gasteiger partial charge in [0.25, 0.3) is 0 Å². The van der Waals surface area contributed by atoms with E-state index in [1.54, 1.807) is 22.1 Å². The molecule has 1 aliphatic carbocycles. The summed E-state index contributed by atoms with van der Waals surface area (Å²) in [6.45, 7) is 2.56. The van der Waals surface area contributed by atoms with Crippen LogP contribution in [-0.2, 0) is 36.0 Å². The molecule has 0 radical (unpaired) electrons. The van der Waals surface area contributed by atoms with Gasteiger partial charge in [-0.25, -0.2) is 4.79 Å². The van der Waals surface area contributed by atoms with Crippen LogP contribution in [0.15, 0.2) is 29.7 Å². The maximum Gasteiger partial charge on any atom is 0.407 e. The van der Waals surface area contributed by atoms with Crippen LogP contribution in [0.2, 0.25) is 0 Å². The molecule has 34 heavy (non-hydrogen) atoms. The average molecular weight is 496 g/mol. The molecule has 0 aliphatic heterocycles. The van der Waals surface area contributed by atoms with Crippen molar-refractivity contribution in [2.24, 2.45) is 13.0 Å². The second kappa shape index (κ2) is 10.7. The van der Waals surface area contributed by atoms with Gasteiger partial charge in [-0.15, -0.1) is 22.7 Å². The van der Waals surface area contributed by atoms with Crippen molar-refractivity contribution in [3.8, 4) is 6.07 Å². The van der Waals surface area contributed by atoms with Crippen molar-refractivity contribution in [3.63, 3.8) is 0 Å². The Bertz CT molecular complexity index is 1250. The number of hydrogen-bond donors (Lipinski definition) is 2. The van der Waals surface area contributed by atoms with E-state index in [2.05, 4.69) is 21.8 Å². The molecule has 1 unspecified atom stereocenters. The number of aryl methyl sites for hydroxylation is 2. The van der Waals surface area contributed by atoms with Crippen molar-refractivity contribution in [1.82, 2.24) is 15.1 Å². The molecule has 3 aromatic heterocycles. The van der Waals surface area contributed by atoms with Crippen LogP contribution in [0, 0.1) is 24.2 Å². The molecule has 0 bridgehead atoms. The average Bonchev–Trinajstić information content (AvgIpc) is 3.53. The molecule has 0 fully saturated rings. The Morgan fingerprint density at radius 3 is 3.00 bits per heavy atom. The van der Waals surface area contributed by atoms with Crippen LogP contribution in [0.3, 0.4) is 0 Å². The van der Waals surface area contributed by atoms with Gasteiger partial charge in [0.1, 0.15) is 11.1 Å². The normalized spacial score (nSPS) is 15.0. The van der Waals surface area contributed by atoms with Gasteiger partial charge in [0.2, 0.25) is 5.91 Å². The predicted octanol–water partition coefficient (Wildman–Crippen LogP) is 4.41. The van der Waals surface area contributed by atoms with E-state index in [1.165, 1.54) is 17.4 Å². The zero-order valence-corrected chi connectivity index (χ0v) is 20.6. The van der Waals surface area contributed by atoms with Crippen LogP contribution in [0.25, 0.3) is 6.08 Å². The van der Waals surface area contributed by atoms with Crippen LogP contribution >= 0.6 is 22.7 Å². The fourth-order valence-electron chi connectivity index (χ4n) is 3.94. The number of hydrogen-bond acceptors (Lipinski definition) is 7. The van der Waals surface area contributed by atoms with Gasteiger partial charge in [-0.1, -0.05) is 6.07 Å². The maximum atomic E-state index is 12.4. The monoisotopic (exact) mass is 495 g/mol. The minimum Gasteiger partial charge on any atom is -0.449 e. The number of fused-ring (bicyclic) bond motifs is 1. The predicted molar refractivity (Wildman–Crippen MR) is 133 cm³/mol. The van der Waals surface area contributed by atoms with Crippen LogP contribution in [0.4, 0.5) is 9.80 Å². The number of aromatic nitrogens is 2. The molecule has 0 aromatic carbocycles. The van der Waals surface area contributed by atoms with Crippen molar-refractivity contribution in [2.45, 2.75) is 32.7 Å². The lowest BCUT2D eigenvalue weighted by atomic mass is 9.88. The summed E-state index contributed by atoms with van der Waals surface area (Å²) in [6, 6.07) is 8.03. The van der Waals surface area contributed by atoms with E-state index >= 15 is 0 Å². The first-order chi connectivity index (χ1) is 16.4. The summed E-state index contributed by atoms with van der Waals surface area (Å²) in [4.78, 5) is 26.5. The quantitative estimate of drug-likeness (QED) is 0.472. The number of nitrogens with one attached hydrogen (secondary N) is 2. The Morgan fingerprint density at radius 1 is 1.44 bits per heavy atom. The second-order valence-electron chi connectivity index (χ2n) is 8.12. The molecular formula is C24H25N5O3S2. The molecule has 0 saturated heterocycles. The first kappa shape index (κ1) is 23.7. The van der Waals surface area contributed by atoms with Crippen molar-refractivity contribution in [3.05, 3.63) is 61.9 Å². The number of carbonyl (C=O) groups is 2. The smallest absolute Gasteiger partial charge is 0.407 e. The van der Waals surface area contributed by atoms with E-state index in [0.717, 1.165) is 39.5 Å². The molecule has 0 spiro atoms. The zero-order valence-electron chi connectivity index (χ0n) is 19.0. The molecule has 176 valence electrons. The topological polar surface area (TPSA) is 109 Å². The summed E-state index contributed by atoms with van der Waals surface area (Å²) >= 11 is 2.99. The van der Waals surface area contributed by atoms with E-state index < -0.39 is 6.09 Å². The van der Waals surface area contributed by atoms with Gasteiger partial charge in [0.15, 0.2) is 0 Å². The first-order valence-electron chi connectivity index (χ1n) is 10.9. The van der Waals surface area contributed by atoms with E-state index in [1.807, 2.05) is 37.6 Å². The number of anilines is 1. The van der Waals surface area contributed by atoms with Gasteiger partial charge in [-0.3, -0.25) is 9.48 Å². The molecule has 2 amide bonds. The lowest BCUT2D eigenvalue weighted by Gasteiger charge is -2.21. The van der Waals surface area contributed by atoms with Gasteiger partial charge in [0.05, 0.1) is 30.1 Å². The SMILES string of the molecule is Cc1cc(CNC(=O)OCC2CCc3c(sc(NC(=O)/C=C/c4cccs4)c3C#N)C2)n(C)n1. The van der Waals surface area contributed by atoms with E-state index in [0.29, 0.717) is 30.1 Å². The largest absolute Gasteiger partial charge is 0.449 e. The summed E-state index contributed by atoms with van der Waals surface area (Å²) in [6.07, 6.45) is 5.03. The molecule has 8 nitrogen and oxygen atoms in total. The second-order valence-corrected chi connectivity index (χ2v) is 10.2. The Hall–Kier alpha value is -3.42. The lowest BCUT2D eigenvalue weighted by Crippen LogP contribution is -2.28. The fraction of sp³-hybridized carbons (Fsp3) is 0.333. The Morgan fingerprint density at radius 2 is 2.29 bits per heavy atom. The number of nitriles is 1. The molecule has 1 atom stereocenters. The lowest BCUT2D eigenvalue weighted by molar-refractivity contribution is -0.111. The summed E-state index contributed by atoms with van der Waals surface area (Å²) in [7, 11) is 1.84. The number of alkyl carbamates (subject to hydrolysis) is 1. The molecule has 1 aliphatic rings. The third-order valence-corrected chi connectivity index (χ3v) is 7.63. The number of amides is 2. The summed E-state index contributed by atoms with van der Waals surface area (Å²) in [5.74, 6) is -0.0895. The fourth-order valence-corrected chi connectivity index (χ4v) is 5.87. The molecule has 0 saturated carbocycles. The molecule has 4 rings (SSSR count). The van der Waals surface area contributed by atoms with E-state index in [-0.39, 0.29) is 11.8 Å². The van der Waals surface area contributed by atoms with Gasteiger partial charge in [0, 0.05) is 22.9 Å². The number of thiophene rings is 2. The van der Waals surface area contributed by atoms with Gasteiger partial charge in [-0.2, -0.15) is 10.4 Å². The van der Waals surface area contributed by atoms with Crippen LogP contribution in [-0.4, -0.2) is 28.4 Å². The van der Waals surface area contributed by atoms with Gasteiger partial charge >= 0.3 is 6.09 Å². The summed E-state index contributed by atoms with van der Waals surface area (Å²) in [5, 5.41) is 22.1. The standard InChI is InChI=1S/C24H25N5O3S2/c1-15-10-17(29(2)28-15)13-26-24(31)32-14-16-5-7-19-20(12-25)23(34-21(19)11-16)27-22(30)8-6-18-4-3-9-33-18/h3-4,6,8-10,16H,5,7,11,13-14H2,1-2H3,(H,26,31)(H,27,30)/b8-6+. The van der Waals surface area contributed by atoms with E-state index in [4.69, 9.17) is 4.74 Å². The zero-order chi connectivity index (χ0) is 24.1. The minimum absolute atomic E-state index is 0.171.